The molecule has 0 aromatic heterocycles. The molecular formula is C17H27BO3. The highest BCUT2D eigenvalue weighted by molar-refractivity contribution is 6.63. The SMILES string of the molecule is Cc1cc(OC(C)C)c(B2OC(C)(C)C(C)(C)O2)cc1C. The Morgan fingerprint density at radius 3 is 1.90 bits per heavy atom. The van der Waals surface area contributed by atoms with Gasteiger partial charge in [0, 0.05) is 5.46 Å². The molecule has 116 valence electrons. The minimum absolute atomic E-state index is 0.119. The van der Waals surface area contributed by atoms with Crippen molar-refractivity contribution in [2.24, 2.45) is 0 Å². The predicted molar refractivity (Wildman–Crippen MR) is 87.4 cm³/mol. The molecule has 0 aliphatic carbocycles. The van der Waals surface area contributed by atoms with Crippen molar-refractivity contribution in [3.8, 4) is 5.75 Å². The fourth-order valence-electron chi connectivity index (χ4n) is 2.32. The second kappa shape index (κ2) is 5.33. The van der Waals surface area contributed by atoms with Crippen LogP contribution in [-0.4, -0.2) is 24.4 Å². The van der Waals surface area contributed by atoms with E-state index < -0.39 is 0 Å². The van der Waals surface area contributed by atoms with Crippen LogP contribution in [0.25, 0.3) is 0 Å². The molecule has 0 N–H and O–H groups in total. The quantitative estimate of drug-likeness (QED) is 0.799. The van der Waals surface area contributed by atoms with Gasteiger partial charge in [-0.05, 0) is 72.6 Å². The fourth-order valence-corrected chi connectivity index (χ4v) is 2.32. The molecule has 1 heterocycles. The molecule has 0 spiro atoms. The number of ether oxygens (including phenoxy) is 1. The van der Waals surface area contributed by atoms with E-state index in [-0.39, 0.29) is 24.4 Å². The second-order valence-corrected chi connectivity index (χ2v) is 7.23. The van der Waals surface area contributed by atoms with Gasteiger partial charge >= 0.3 is 7.12 Å². The Hall–Kier alpha value is -0.995. The summed E-state index contributed by atoms with van der Waals surface area (Å²) in [4.78, 5) is 0. The molecule has 0 bridgehead atoms. The van der Waals surface area contributed by atoms with Gasteiger partial charge in [0.1, 0.15) is 5.75 Å². The summed E-state index contributed by atoms with van der Waals surface area (Å²) in [6.07, 6.45) is 0.119. The van der Waals surface area contributed by atoms with Crippen LogP contribution in [0, 0.1) is 13.8 Å². The lowest BCUT2D eigenvalue weighted by molar-refractivity contribution is 0.00578. The summed E-state index contributed by atoms with van der Waals surface area (Å²) in [7, 11) is -0.386. The summed E-state index contributed by atoms with van der Waals surface area (Å²) in [5.74, 6) is 0.853. The van der Waals surface area contributed by atoms with Crippen molar-refractivity contribution in [2.45, 2.75) is 72.7 Å². The first kappa shape index (κ1) is 16.4. The molecule has 1 fully saturated rings. The Balaban J connectivity index is 2.42. The van der Waals surface area contributed by atoms with E-state index in [4.69, 9.17) is 14.0 Å². The number of benzene rings is 1. The zero-order chi connectivity index (χ0) is 16.0. The lowest BCUT2D eigenvalue weighted by Crippen LogP contribution is -2.41. The van der Waals surface area contributed by atoms with Crippen molar-refractivity contribution in [2.75, 3.05) is 0 Å². The van der Waals surface area contributed by atoms with Crippen molar-refractivity contribution in [3.05, 3.63) is 23.3 Å². The maximum Gasteiger partial charge on any atom is 0.498 e. The van der Waals surface area contributed by atoms with E-state index in [2.05, 4.69) is 53.7 Å². The molecule has 2 rings (SSSR count). The van der Waals surface area contributed by atoms with Gasteiger partial charge in [0.25, 0.3) is 0 Å². The molecule has 0 unspecified atom stereocenters. The van der Waals surface area contributed by atoms with Crippen LogP contribution in [0.15, 0.2) is 12.1 Å². The van der Waals surface area contributed by atoms with Crippen molar-refractivity contribution in [3.63, 3.8) is 0 Å². The van der Waals surface area contributed by atoms with Crippen LogP contribution < -0.4 is 10.2 Å². The second-order valence-electron chi connectivity index (χ2n) is 7.23. The summed E-state index contributed by atoms with van der Waals surface area (Å²) in [5.41, 5.74) is 2.73. The fraction of sp³-hybridized carbons (Fsp3) is 0.647. The first-order valence-electron chi connectivity index (χ1n) is 7.67. The molecule has 1 aliphatic rings. The average Bonchev–Trinajstić information content (AvgIpc) is 2.52. The molecule has 1 aromatic rings. The van der Waals surface area contributed by atoms with E-state index >= 15 is 0 Å². The molecule has 1 aromatic carbocycles. The van der Waals surface area contributed by atoms with Crippen LogP contribution in [-0.2, 0) is 9.31 Å². The maximum absolute atomic E-state index is 6.16. The first-order chi connectivity index (χ1) is 9.53. The monoisotopic (exact) mass is 290 g/mol. The normalized spacial score (nSPS) is 20.1. The predicted octanol–water partition coefficient (Wildman–Crippen LogP) is 3.39. The molecule has 0 atom stereocenters. The van der Waals surface area contributed by atoms with Gasteiger partial charge in [-0.15, -0.1) is 0 Å². The largest absolute Gasteiger partial charge is 0.498 e. The van der Waals surface area contributed by atoms with E-state index in [1.165, 1.54) is 11.1 Å². The molecule has 0 saturated carbocycles. The zero-order valence-corrected chi connectivity index (χ0v) is 14.5. The lowest BCUT2D eigenvalue weighted by atomic mass is 9.77. The smallest absolute Gasteiger partial charge is 0.491 e. The Kier molecular flexibility index (Phi) is 4.16. The van der Waals surface area contributed by atoms with Gasteiger partial charge in [-0.25, -0.2) is 0 Å². The van der Waals surface area contributed by atoms with Gasteiger partial charge in [0.2, 0.25) is 0 Å². The topological polar surface area (TPSA) is 27.7 Å². The van der Waals surface area contributed by atoms with E-state index in [0.29, 0.717) is 0 Å². The third kappa shape index (κ3) is 3.11. The summed E-state index contributed by atoms with van der Waals surface area (Å²) >= 11 is 0. The number of hydrogen-bond donors (Lipinski definition) is 0. The van der Waals surface area contributed by atoms with Crippen molar-refractivity contribution in [1.82, 2.24) is 0 Å². The average molecular weight is 290 g/mol. The molecule has 1 aliphatic heterocycles. The highest BCUT2D eigenvalue weighted by atomic mass is 16.7. The molecule has 0 amide bonds. The van der Waals surface area contributed by atoms with Crippen molar-refractivity contribution < 1.29 is 14.0 Å². The third-order valence-electron chi connectivity index (χ3n) is 4.50. The van der Waals surface area contributed by atoms with Gasteiger partial charge in [0.05, 0.1) is 17.3 Å². The molecular weight excluding hydrogens is 263 g/mol. The number of aryl methyl sites for hydroxylation is 2. The summed E-state index contributed by atoms with van der Waals surface area (Å²) in [6.45, 7) is 16.5. The molecule has 21 heavy (non-hydrogen) atoms. The van der Waals surface area contributed by atoms with Crippen LogP contribution in [0.4, 0.5) is 0 Å². The van der Waals surface area contributed by atoms with Gasteiger partial charge < -0.3 is 14.0 Å². The molecule has 3 nitrogen and oxygen atoms in total. The van der Waals surface area contributed by atoms with E-state index in [9.17, 15) is 0 Å². The molecule has 4 heteroatoms. The van der Waals surface area contributed by atoms with E-state index in [0.717, 1.165) is 11.2 Å². The van der Waals surface area contributed by atoms with Crippen molar-refractivity contribution >= 4 is 12.6 Å². The first-order valence-corrected chi connectivity index (χ1v) is 7.67. The third-order valence-corrected chi connectivity index (χ3v) is 4.50. The molecule has 0 radical (unpaired) electrons. The Morgan fingerprint density at radius 2 is 1.43 bits per heavy atom. The summed E-state index contributed by atoms with van der Waals surface area (Å²) in [5, 5.41) is 0. The molecule has 1 saturated heterocycles. The van der Waals surface area contributed by atoms with Gasteiger partial charge in [-0.3, -0.25) is 0 Å². The van der Waals surface area contributed by atoms with Crippen molar-refractivity contribution in [1.29, 1.82) is 0 Å². The van der Waals surface area contributed by atoms with Gasteiger partial charge in [-0.1, -0.05) is 6.07 Å². The summed E-state index contributed by atoms with van der Waals surface area (Å²) < 4.78 is 18.3. The number of rotatable bonds is 3. The maximum atomic E-state index is 6.16. The highest BCUT2D eigenvalue weighted by Gasteiger charge is 2.52. The van der Waals surface area contributed by atoms with E-state index in [1.807, 2.05) is 13.8 Å². The number of hydrogen-bond acceptors (Lipinski definition) is 3. The van der Waals surface area contributed by atoms with Crippen LogP contribution in [0.2, 0.25) is 0 Å². The van der Waals surface area contributed by atoms with Crippen LogP contribution in [0.3, 0.4) is 0 Å². The Bertz CT molecular complexity index is 519. The minimum Gasteiger partial charge on any atom is -0.491 e. The minimum atomic E-state index is -0.386. The van der Waals surface area contributed by atoms with Crippen LogP contribution >= 0.6 is 0 Å². The Morgan fingerprint density at radius 1 is 0.952 bits per heavy atom. The lowest BCUT2D eigenvalue weighted by Gasteiger charge is -2.32. The van der Waals surface area contributed by atoms with Crippen LogP contribution in [0.1, 0.15) is 52.7 Å². The zero-order valence-electron chi connectivity index (χ0n) is 14.5. The van der Waals surface area contributed by atoms with Gasteiger partial charge in [-0.2, -0.15) is 0 Å². The Labute approximate surface area is 129 Å². The van der Waals surface area contributed by atoms with Gasteiger partial charge in [0.15, 0.2) is 0 Å². The summed E-state index contributed by atoms with van der Waals surface area (Å²) in [6, 6.07) is 4.20. The standard InChI is InChI=1S/C17H27BO3/c1-11(2)19-15-10-13(4)12(3)9-14(15)18-20-16(5,6)17(7,8)21-18/h9-11H,1-8H3. The van der Waals surface area contributed by atoms with E-state index in [1.54, 1.807) is 0 Å². The highest BCUT2D eigenvalue weighted by Crippen LogP contribution is 2.37. The van der Waals surface area contributed by atoms with Crippen LogP contribution in [0.5, 0.6) is 5.75 Å².